The summed E-state index contributed by atoms with van der Waals surface area (Å²) in [5.41, 5.74) is 0.0753. The van der Waals surface area contributed by atoms with Crippen LogP contribution in [0, 0.1) is 11.7 Å². The molecule has 0 aliphatic carbocycles. The number of halogens is 1. The third-order valence-corrected chi connectivity index (χ3v) is 2.28. The number of nitrogens with zero attached hydrogens (tertiary/aromatic N) is 1. The van der Waals surface area contributed by atoms with Gasteiger partial charge in [-0.25, -0.2) is 4.39 Å². The Morgan fingerprint density at radius 3 is 2.59 bits per heavy atom. The summed E-state index contributed by atoms with van der Waals surface area (Å²) >= 11 is 0. The first-order chi connectivity index (χ1) is 8.10. The normalized spacial score (nSPS) is 11.9. The van der Waals surface area contributed by atoms with Crippen molar-refractivity contribution in [1.82, 2.24) is 4.98 Å². The van der Waals surface area contributed by atoms with Gasteiger partial charge in [0, 0.05) is 0 Å². The summed E-state index contributed by atoms with van der Waals surface area (Å²) in [6, 6.07) is 2.40. The smallest absolute Gasteiger partial charge is 0.316 e. The Morgan fingerprint density at radius 2 is 2.12 bits per heavy atom. The molecule has 0 aliphatic heterocycles. The average molecular weight is 239 g/mol. The zero-order chi connectivity index (χ0) is 12.8. The molecule has 0 spiro atoms. The number of rotatable bonds is 5. The van der Waals surface area contributed by atoms with Gasteiger partial charge in [-0.15, -0.1) is 0 Å². The summed E-state index contributed by atoms with van der Waals surface area (Å²) in [7, 11) is 0. The molecule has 1 aromatic heterocycles. The quantitative estimate of drug-likeness (QED) is 0.448. The van der Waals surface area contributed by atoms with E-state index in [4.69, 9.17) is 4.74 Å². The van der Waals surface area contributed by atoms with E-state index >= 15 is 0 Å². The standard InChI is InChI=1S/C12H14FNO3/c1-3-9(12(16)17-4-2)11(15)10-6-5-8(13)7-14-10/h5-7,9H,3-4H2,1-2H3. The molecular formula is C12H14FNO3. The van der Waals surface area contributed by atoms with Gasteiger partial charge >= 0.3 is 5.97 Å². The van der Waals surface area contributed by atoms with Gasteiger partial charge in [-0.2, -0.15) is 0 Å². The molecule has 5 heteroatoms. The highest BCUT2D eigenvalue weighted by Crippen LogP contribution is 2.13. The molecule has 0 amide bonds. The van der Waals surface area contributed by atoms with Crippen molar-refractivity contribution in [3.8, 4) is 0 Å². The van der Waals surface area contributed by atoms with Crippen LogP contribution in [0.4, 0.5) is 4.39 Å². The molecule has 1 unspecified atom stereocenters. The van der Waals surface area contributed by atoms with Gasteiger partial charge in [-0.3, -0.25) is 14.6 Å². The third kappa shape index (κ3) is 3.34. The fourth-order valence-electron chi connectivity index (χ4n) is 1.40. The van der Waals surface area contributed by atoms with Crippen molar-refractivity contribution < 1.29 is 18.7 Å². The molecule has 17 heavy (non-hydrogen) atoms. The molecular weight excluding hydrogens is 225 g/mol. The maximum Gasteiger partial charge on any atom is 0.316 e. The summed E-state index contributed by atoms with van der Waals surface area (Å²) in [6.07, 6.45) is 1.28. The van der Waals surface area contributed by atoms with Crippen LogP contribution in [0.25, 0.3) is 0 Å². The van der Waals surface area contributed by atoms with Crippen LogP contribution in [-0.2, 0) is 9.53 Å². The summed E-state index contributed by atoms with van der Waals surface area (Å²) < 4.78 is 17.4. The predicted octanol–water partition coefficient (Wildman–Crippen LogP) is 1.99. The van der Waals surface area contributed by atoms with E-state index in [9.17, 15) is 14.0 Å². The lowest BCUT2D eigenvalue weighted by Gasteiger charge is -2.11. The van der Waals surface area contributed by atoms with Crippen molar-refractivity contribution in [3.05, 3.63) is 29.8 Å². The number of carbonyl (C=O) groups is 2. The Kier molecular flexibility index (Phi) is 4.75. The van der Waals surface area contributed by atoms with Gasteiger partial charge < -0.3 is 4.74 Å². The highest BCUT2D eigenvalue weighted by atomic mass is 19.1. The van der Waals surface area contributed by atoms with Crippen LogP contribution >= 0.6 is 0 Å². The minimum atomic E-state index is -0.868. The Labute approximate surface area is 98.8 Å². The van der Waals surface area contributed by atoms with Gasteiger partial charge in [-0.05, 0) is 25.5 Å². The van der Waals surface area contributed by atoms with E-state index in [2.05, 4.69) is 4.98 Å². The summed E-state index contributed by atoms with van der Waals surface area (Å²) in [4.78, 5) is 27.1. The average Bonchev–Trinajstić information content (AvgIpc) is 2.31. The van der Waals surface area contributed by atoms with Gasteiger partial charge in [-0.1, -0.05) is 6.92 Å². The highest BCUT2D eigenvalue weighted by Gasteiger charge is 2.27. The molecule has 1 rings (SSSR count). The number of carbonyl (C=O) groups excluding carboxylic acids is 2. The first kappa shape index (κ1) is 13.3. The molecule has 1 aromatic rings. The van der Waals surface area contributed by atoms with Gasteiger partial charge in [0.25, 0.3) is 0 Å². The van der Waals surface area contributed by atoms with E-state index < -0.39 is 23.5 Å². The molecule has 0 bridgehead atoms. The van der Waals surface area contributed by atoms with Gasteiger partial charge in [0.1, 0.15) is 17.4 Å². The lowest BCUT2D eigenvalue weighted by Crippen LogP contribution is -2.26. The van der Waals surface area contributed by atoms with Crippen LogP contribution < -0.4 is 0 Å². The van der Waals surface area contributed by atoms with Crippen LogP contribution in [-0.4, -0.2) is 23.3 Å². The van der Waals surface area contributed by atoms with Gasteiger partial charge in [0.15, 0.2) is 5.78 Å². The van der Waals surface area contributed by atoms with E-state index in [-0.39, 0.29) is 12.3 Å². The van der Waals surface area contributed by atoms with Crippen molar-refractivity contribution in [2.75, 3.05) is 6.61 Å². The van der Waals surface area contributed by atoms with Crippen molar-refractivity contribution in [2.45, 2.75) is 20.3 Å². The number of ketones is 1. The molecule has 0 saturated heterocycles. The van der Waals surface area contributed by atoms with E-state index in [0.29, 0.717) is 6.42 Å². The fourth-order valence-corrected chi connectivity index (χ4v) is 1.40. The number of pyridine rings is 1. The third-order valence-electron chi connectivity index (χ3n) is 2.28. The van der Waals surface area contributed by atoms with E-state index in [0.717, 1.165) is 12.3 Å². The second-order valence-electron chi connectivity index (χ2n) is 3.44. The van der Waals surface area contributed by atoms with Crippen molar-refractivity contribution in [1.29, 1.82) is 0 Å². The Morgan fingerprint density at radius 1 is 1.41 bits per heavy atom. The fraction of sp³-hybridized carbons (Fsp3) is 0.417. The van der Waals surface area contributed by atoms with E-state index in [1.54, 1.807) is 13.8 Å². The lowest BCUT2D eigenvalue weighted by atomic mass is 9.98. The van der Waals surface area contributed by atoms with Crippen molar-refractivity contribution in [2.24, 2.45) is 5.92 Å². The molecule has 1 heterocycles. The van der Waals surface area contributed by atoms with E-state index in [1.165, 1.54) is 6.07 Å². The number of hydrogen-bond donors (Lipinski definition) is 0. The second kappa shape index (κ2) is 6.08. The van der Waals surface area contributed by atoms with Gasteiger partial charge in [0.05, 0.1) is 12.8 Å². The zero-order valence-corrected chi connectivity index (χ0v) is 9.77. The van der Waals surface area contributed by atoms with E-state index in [1.807, 2.05) is 0 Å². The SMILES string of the molecule is CCOC(=O)C(CC)C(=O)c1ccc(F)cn1. The maximum absolute atomic E-state index is 12.6. The molecule has 0 N–H and O–H groups in total. The summed E-state index contributed by atoms with van der Waals surface area (Å²) in [5.74, 6) is -2.39. The lowest BCUT2D eigenvalue weighted by molar-refractivity contribution is -0.146. The minimum Gasteiger partial charge on any atom is -0.465 e. The van der Waals surface area contributed by atoms with Crippen LogP contribution in [0.3, 0.4) is 0 Å². The number of aromatic nitrogens is 1. The zero-order valence-electron chi connectivity index (χ0n) is 9.77. The number of hydrogen-bond acceptors (Lipinski definition) is 4. The Bertz CT molecular complexity index is 403. The Balaban J connectivity index is 2.86. The maximum atomic E-state index is 12.6. The van der Waals surface area contributed by atoms with Crippen molar-refractivity contribution >= 4 is 11.8 Å². The molecule has 92 valence electrons. The molecule has 0 fully saturated rings. The number of ether oxygens (including phenoxy) is 1. The highest BCUT2D eigenvalue weighted by molar-refractivity contribution is 6.07. The Hall–Kier alpha value is -1.78. The largest absolute Gasteiger partial charge is 0.465 e. The van der Waals surface area contributed by atoms with Crippen molar-refractivity contribution in [3.63, 3.8) is 0 Å². The van der Waals surface area contributed by atoms with Crippen LogP contribution in [0.2, 0.25) is 0 Å². The van der Waals surface area contributed by atoms with Crippen LogP contribution in [0.15, 0.2) is 18.3 Å². The monoisotopic (exact) mass is 239 g/mol. The van der Waals surface area contributed by atoms with Crippen LogP contribution in [0.1, 0.15) is 30.8 Å². The summed E-state index contributed by atoms with van der Waals surface area (Å²) in [6.45, 7) is 3.60. The van der Waals surface area contributed by atoms with Crippen LogP contribution in [0.5, 0.6) is 0 Å². The second-order valence-corrected chi connectivity index (χ2v) is 3.44. The first-order valence-corrected chi connectivity index (χ1v) is 5.42. The molecule has 0 saturated carbocycles. The predicted molar refractivity (Wildman–Crippen MR) is 58.9 cm³/mol. The number of Topliss-reactive ketones (excluding diaryl/α,β-unsaturated/α-hetero) is 1. The molecule has 0 aliphatic rings. The molecule has 0 radical (unpaired) electrons. The summed E-state index contributed by atoms with van der Waals surface area (Å²) in [5, 5.41) is 0. The molecule has 0 aromatic carbocycles. The first-order valence-electron chi connectivity index (χ1n) is 5.42. The minimum absolute atomic E-state index is 0.0753. The topological polar surface area (TPSA) is 56.3 Å². The van der Waals surface area contributed by atoms with Gasteiger partial charge in [0.2, 0.25) is 0 Å². The molecule has 1 atom stereocenters. The molecule has 4 nitrogen and oxygen atoms in total. The number of esters is 1.